The monoisotopic (exact) mass is 521 g/mol. The Kier molecular flexibility index (Phi) is 8.61. The zero-order valence-electron chi connectivity index (χ0n) is 24.0. The summed E-state index contributed by atoms with van der Waals surface area (Å²) in [4.78, 5) is 5.22. The van der Waals surface area contributed by atoms with E-state index in [1.54, 1.807) is 0 Å². The van der Waals surface area contributed by atoms with Crippen LogP contribution in [0.4, 0.5) is 0 Å². The minimum Gasteiger partial charge on any atom is -0.310 e. The molecular weight excluding hydrogens is 478 g/mol. The van der Waals surface area contributed by atoms with Crippen LogP contribution in [0, 0.1) is 6.92 Å². The average Bonchev–Trinajstić information content (AvgIpc) is 3.39. The number of aryl methyl sites for hydroxylation is 1. The van der Waals surface area contributed by atoms with E-state index in [0.717, 1.165) is 51.5 Å². The van der Waals surface area contributed by atoms with Gasteiger partial charge < -0.3 is 5.32 Å². The van der Waals surface area contributed by atoms with Gasteiger partial charge in [0, 0.05) is 45.8 Å². The van der Waals surface area contributed by atoms with Crippen LogP contribution in [0.1, 0.15) is 49.2 Å². The lowest BCUT2D eigenvalue weighted by Gasteiger charge is -2.39. The average molecular weight is 522 g/mol. The SMILES string of the molecule is Cc1ccc(-c2cc(CNCCN3CCN(C(c4ccccc4)c4ccccc4)CC3)nn2C(C)(C)C)cc1. The Labute approximate surface area is 234 Å². The number of hydrogen-bond acceptors (Lipinski definition) is 4. The van der Waals surface area contributed by atoms with Crippen LogP contribution in [0.2, 0.25) is 0 Å². The van der Waals surface area contributed by atoms with E-state index in [1.165, 1.54) is 27.9 Å². The molecule has 0 spiro atoms. The van der Waals surface area contributed by atoms with Gasteiger partial charge in [0.25, 0.3) is 0 Å². The van der Waals surface area contributed by atoms with Crippen molar-refractivity contribution in [2.75, 3.05) is 39.3 Å². The van der Waals surface area contributed by atoms with Crippen molar-refractivity contribution in [3.05, 3.63) is 113 Å². The third-order valence-electron chi connectivity index (χ3n) is 7.66. The van der Waals surface area contributed by atoms with Crippen LogP contribution < -0.4 is 5.32 Å². The second-order valence-electron chi connectivity index (χ2n) is 11.7. The number of hydrogen-bond donors (Lipinski definition) is 1. The van der Waals surface area contributed by atoms with Crippen molar-refractivity contribution in [3.8, 4) is 11.3 Å². The van der Waals surface area contributed by atoms with Gasteiger partial charge in [-0.3, -0.25) is 14.5 Å². The van der Waals surface area contributed by atoms with E-state index in [1.807, 2.05) is 0 Å². The van der Waals surface area contributed by atoms with Gasteiger partial charge in [0.2, 0.25) is 0 Å². The van der Waals surface area contributed by atoms with Gasteiger partial charge in [-0.25, -0.2) is 0 Å². The zero-order valence-corrected chi connectivity index (χ0v) is 24.0. The summed E-state index contributed by atoms with van der Waals surface area (Å²) < 4.78 is 2.17. The molecule has 0 saturated carbocycles. The zero-order chi connectivity index (χ0) is 27.2. The first-order valence-corrected chi connectivity index (χ1v) is 14.3. The van der Waals surface area contributed by atoms with Crippen LogP contribution in [-0.4, -0.2) is 58.8 Å². The fourth-order valence-electron chi connectivity index (χ4n) is 5.54. The van der Waals surface area contributed by atoms with Gasteiger partial charge >= 0.3 is 0 Å². The first-order chi connectivity index (χ1) is 18.9. The molecule has 5 nitrogen and oxygen atoms in total. The summed E-state index contributed by atoms with van der Waals surface area (Å²) in [5.74, 6) is 0. The van der Waals surface area contributed by atoms with Gasteiger partial charge in [0.1, 0.15) is 0 Å². The van der Waals surface area contributed by atoms with Crippen LogP contribution in [0.15, 0.2) is 91.0 Å². The highest BCUT2D eigenvalue weighted by atomic mass is 15.3. The summed E-state index contributed by atoms with van der Waals surface area (Å²) in [6.07, 6.45) is 0. The minimum atomic E-state index is -0.0739. The molecule has 2 heterocycles. The van der Waals surface area contributed by atoms with Gasteiger partial charge in [-0.15, -0.1) is 0 Å². The van der Waals surface area contributed by atoms with Crippen LogP contribution in [0.3, 0.4) is 0 Å². The molecule has 204 valence electrons. The molecule has 39 heavy (non-hydrogen) atoms. The lowest BCUT2D eigenvalue weighted by atomic mass is 9.96. The highest BCUT2D eigenvalue weighted by molar-refractivity contribution is 5.60. The van der Waals surface area contributed by atoms with Crippen molar-refractivity contribution in [2.45, 2.75) is 45.8 Å². The predicted octanol–water partition coefficient (Wildman–Crippen LogP) is 6.11. The standard InChI is InChI=1S/C34H43N5/c1-27-15-17-28(18-16-27)32-25-31(36-39(32)34(2,3)4)26-35-19-20-37-21-23-38(24-22-37)33(29-11-7-5-8-12-29)30-13-9-6-10-14-30/h5-18,25,33,35H,19-24,26H2,1-4H3. The number of aromatic nitrogens is 2. The Morgan fingerprint density at radius 1 is 0.795 bits per heavy atom. The van der Waals surface area contributed by atoms with Gasteiger partial charge in [-0.05, 0) is 50.5 Å². The van der Waals surface area contributed by atoms with Crippen LogP contribution in [0.5, 0.6) is 0 Å². The van der Waals surface area contributed by atoms with Crippen molar-refractivity contribution in [2.24, 2.45) is 0 Å². The fourth-order valence-corrected chi connectivity index (χ4v) is 5.54. The molecule has 0 atom stereocenters. The molecule has 1 aliphatic rings. The number of piperazine rings is 1. The molecule has 3 aromatic carbocycles. The molecule has 0 aliphatic carbocycles. The van der Waals surface area contributed by atoms with Crippen molar-refractivity contribution < 1.29 is 0 Å². The van der Waals surface area contributed by atoms with Gasteiger partial charge in [-0.2, -0.15) is 5.10 Å². The number of nitrogens with one attached hydrogen (secondary N) is 1. The maximum Gasteiger partial charge on any atom is 0.0769 e. The molecule has 1 saturated heterocycles. The topological polar surface area (TPSA) is 36.3 Å². The second kappa shape index (κ2) is 12.3. The second-order valence-corrected chi connectivity index (χ2v) is 11.7. The number of rotatable bonds is 9. The Morgan fingerprint density at radius 3 is 1.95 bits per heavy atom. The van der Waals surface area contributed by atoms with Gasteiger partial charge in [0.05, 0.1) is 23.0 Å². The molecule has 0 bridgehead atoms. The molecule has 5 heteroatoms. The normalized spacial score (nSPS) is 15.2. The quantitative estimate of drug-likeness (QED) is 0.270. The van der Waals surface area contributed by atoms with E-state index in [-0.39, 0.29) is 5.54 Å². The third-order valence-corrected chi connectivity index (χ3v) is 7.66. The van der Waals surface area contributed by atoms with Crippen LogP contribution in [0.25, 0.3) is 11.3 Å². The van der Waals surface area contributed by atoms with Gasteiger partial charge in [-0.1, -0.05) is 90.5 Å². The van der Waals surface area contributed by atoms with E-state index in [0.29, 0.717) is 6.04 Å². The third kappa shape index (κ3) is 6.85. The molecule has 0 unspecified atom stereocenters. The molecule has 0 radical (unpaired) electrons. The lowest BCUT2D eigenvalue weighted by molar-refractivity contribution is 0.110. The maximum absolute atomic E-state index is 4.99. The highest BCUT2D eigenvalue weighted by Crippen LogP contribution is 2.30. The van der Waals surface area contributed by atoms with E-state index >= 15 is 0 Å². The van der Waals surface area contributed by atoms with Crippen molar-refractivity contribution >= 4 is 0 Å². The molecule has 0 amide bonds. The van der Waals surface area contributed by atoms with E-state index < -0.39 is 0 Å². The van der Waals surface area contributed by atoms with Crippen molar-refractivity contribution in [3.63, 3.8) is 0 Å². The minimum absolute atomic E-state index is 0.0739. The summed E-state index contributed by atoms with van der Waals surface area (Å²) in [6, 6.07) is 33.2. The van der Waals surface area contributed by atoms with E-state index in [4.69, 9.17) is 5.10 Å². The molecule has 1 fully saturated rings. The molecule has 4 aromatic rings. The lowest BCUT2D eigenvalue weighted by Crippen LogP contribution is -2.49. The first-order valence-electron chi connectivity index (χ1n) is 14.3. The fraction of sp³-hybridized carbons (Fsp3) is 0.382. The molecule has 5 rings (SSSR count). The largest absolute Gasteiger partial charge is 0.310 e. The van der Waals surface area contributed by atoms with Crippen molar-refractivity contribution in [1.82, 2.24) is 24.9 Å². The number of nitrogens with zero attached hydrogens (tertiary/aromatic N) is 4. The maximum atomic E-state index is 4.99. The molecule has 1 aliphatic heterocycles. The van der Waals surface area contributed by atoms with E-state index in [2.05, 4.69) is 138 Å². The Bertz CT molecular complexity index is 1260. The molecule has 1 N–H and O–H groups in total. The highest BCUT2D eigenvalue weighted by Gasteiger charge is 2.26. The Hall–Kier alpha value is -3.25. The Morgan fingerprint density at radius 2 is 1.38 bits per heavy atom. The smallest absolute Gasteiger partial charge is 0.0769 e. The summed E-state index contributed by atoms with van der Waals surface area (Å²) in [5.41, 5.74) is 7.45. The van der Waals surface area contributed by atoms with Gasteiger partial charge in [0.15, 0.2) is 0 Å². The predicted molar refractivity (Wildman–Crippen MR) is 162 cm³/mol. The summed E-state index contributed by atoms with van der Waals surface area (Å²) in [6.45, 7) is 15.9. The summed E-state index contributed by atoms with van der Waals surface area (Å²) >= 11 is 0. The van der Waals surface area contributed by atoms with Crippen LogP contribution >= 0.6 is 0 Å². The van der Waals surface area contributed by atoms with E-state index in [9.17, 15) is 0 Å². The molecular formula is C34H43N5. The molecule has 1 aromatic heterocycles. The Balaban J connectivity index is 1.15. The first kappa shape index (κ1) is 27.3. The van der Waals surface area contributed by atoms with Crippen molar-refractivity contribution in [1.29, 1.82) is 0 Å². The summed E-state index contributed by atoms with van der Waals surface area (Å²) in [5, 5.41) is 8.64. The number of benzene rings is 3. The summed E-state index contributed by atoms with van der Waals surface area (Å²) in [7, 11) is 0. The van der Waals surface area contributed by atoms with Crippen LogP contribution in [-0.2, 0) is 12.1 Å².